The minimum Gasteiger partial charge on any atom is -0.342 e. The first kappa shape index (κ1) is 14.5. The van der Waals surface area contributed by atoms with E-state index in [1.165, 1.54) is 11.3 Å². The van der Waals surface area contributed by atoms with Crippen molar-refractivity contribution in [2.75, 3.05) is 13.1 Å². The van der Waals surface area contributed by atoms with E-state index in [1.807, 2.05) is 47.5 Å². The van der Waals surface area contributed by atoms with E-state index in [0.717, 1.165) is 53.2 Å². The van der Waals surface area contributed by atoms with Gasteiger partial charge in [0.15, 0.2) is 0 Å². The fraction of sp³-hybridized carbons (Fsp3) is 0.333. The summed E-state index contributed by atoms with van der Waals surface area (Å²) in [6.45, 7) is 3.59. The standard InChI is InChI=1S/C18H19N3OS/c1-12-8-10-23-16(12)18(22)21-9-4-5-13(11-21)17-19-14-6-2-3-7-15(14)20-17/h2-3,6-8,10,13H,4-5,9,11H2,1H3,(H,19,20)/t13-/m1/s1. The molecule has 4 nitrogen and oxygen atoms in total. The Labute approximate surface area is 139 Å². The summed E-state index contributed by atoms with van der Waals surface area (Å²) >= 11 is 1.54. The summed E-state index contributed by atoms with van der Waals surface area (Å²) in [6, 6.07) is 10.1. The fourth-order valence-corrected chi connectivity index (χ4v) is 4.18. The molecule has 1 aliphatic heterocycles. The third-order valence-corrected chi connectivity index (χ3v) is 5.56. The number of hydrogen-bond acceptors (Lipinski definition) is 3. The molecule has 3 heterocycles. The molecule has 0 aliphatic carbocycles. The molecule has 3 aromatic rings. The van der Waals surface area contributed by atoms with Gasteiger partial charge in [0.25, 0.3) is 5.91 Å². The largest absolute Gasteiger partial charge is 0.342 e. The van der Waals surface area contributed by atoms with Crippen molar-refractivity contribution in [2.24, 2.45) is 0 Å². The number of carbonyl (C=O) groups is 1. The van der Waals surface area contributed by atoms with Gasteiger partial charge in [-0.1, -0.05) is 12.1 Å². The van der Waals surface area contributed by atoms with E-state index in [2.05, 4.69) is 4.98 Å². The van der Waals surface area contributed by atoms with Gasteiger partial charge in [0.1, 0.15) is 5.82 Å². The SMILES string of the molecule is Cc1ccsc1C(=O)N1CCC[C@@H](c2nc3ccccc3[nH]2)C1. The van der Waals surface area contributed by atoms with Crippen molar-refractivity contribution < 1.29 is 4.79 Å². The number of aromatic nitrogens is 2. The predicted octanol–water partition coefficient (Wildman–Crippen LogP) is 3.95. The second-order valence-electron chi connectivity index (χ2n) is 6.16. The molecule has 1 saturated heterocycles. The number of nitrogens with zero attached hydrogens (tertiary/aromatic N) is 2. The van der Waals surface area contributed by atoms with Gasteiger partial charge in [-0.15, -0.1) is 11.3 Å². The highest BCUT2D eigenvalue weighted by molar-refractivity contribution is 7.12. The molecule has 118 valence electrons. The maximum Gasteiger partial charge on any atom is 0.264 e. The van der Waals surface area contributed by atoms with E-state index >= 15 is 0 Å². The Hall–Kier alpha value is -2.14. The molecule has 0 radical (unpaired) electrons. The van der Waals surface area contributed by atoms with Gasteiger partial charge < -0.3 is 9.88 Å². The zero-order valence-electron chi connectivity index (χ0n) is 13.1. The summed E-state index contributed by atoms with van der Waals surface area (Å²) in [4.78, 5) is 23.7. The van der Waals surface area contributed by atoms with Crippen LogP contribution in [0.3, 0.4) is 0 Å². The van der Waals surface area contributed by atoms with Gasteiger partial charge >= 0.3 is 0 Å². The quantitative estimate of drug-likeness (QED) is 0.775. The summed E-state index contributed by atoms with van der Waals surface area (Å²) in [7, 11) is 0. The highest BCUT2D eigenvalue weighted by Crippen LogP contribution is 2.28. The van der Waals surface area contributed by atoms with Crippen LogP contribution in [0.5, 0.6) is 0 Å². The Morgan fingerprint density at radius 3 is 3.00 bits per heavy atom. The van der Waals surface area contributed by atoms with Gasteiger partial charge in [-0.2, -0.15) is 0 Å². The lowest BCUT2D eigenvalue weighted by atomic mass is 9.97. The average molecular weight is 325 g/mol. The number of hydrogen-bond donors (Lipinski definition) is 1. The van der Waals surface area contributed by atoms with Crippen molar-refractivity contribution in [1.82, 2.24) is 14.9 Å². The molecule has 5 heteroatoms. The second kappa shape index (κ2) is 5.81. The number of thiophene rings is 1. The van der Waals surface area contributed by atoms with Crippen LogP contribution in [0.2, 0.25) is 0 Å². The van der Waals surface area contributed by atoms with Crippen LogP contribution in [-0.4, -0.2) is 33.9 Å². The minimum atomic E-state index is 0.165. The van der Waals surface area contributed by atoms with Crippen LogP contribution >= 0.6 is 11.3 Å². The topological polar surface area (TPSA) is 49.0 Å². The number of rotatable bonds is 2. The lowest BCUT2D eigenvalue weighted by molar-refractivity contribution is 0.0709. The number of carbonyl (C=O) groups excluding carboxylic acids is 1. The zero-order chi connectivity index (χ0) is 15.8. The van der Waals surface area contributed by atoms with Crippen LogP contribution in [0, 0.1) is 6.92 Å². The Kier molecular flexibility index (Phi) is 3.65. The molecule has 2 aromatic heterocycles. The number of fused-ring (bicyclic) bond motifs is 1. The first-order chi connectivity index (χ1) is 11.2. The second-order valence-corrected chi connectivity index (χ2v) is 7.08. The van der Waals surface area contributed by atoms with Crippen molar-refractivity contribution >= 4 is 28.3 Å². The first-order valence-electron chi connectivity index (χ1n) is 8.00. The number of aryl methyl sites for hydroxylation is 1. The van der Waals surface area contributed by atoms with Crippen molar-refractivity contribution in [2.45, 2.75) is 25.7 Å². The normalized spacial score (nSPS) is 18.5. The molecular formula is C18H19N3OS. The Morgan fingerprint density at radius 1 is 1.35 bits per heavy atom. The fourth-order valence-electron chi connectivity index (χ4n) is 3.29. The summed E-state index contributed by atoms with van der Waals surface area (Å²) < 4.78 is 0. The monoisotopic (exact) mass is 325 g/mol. The van der Waals surface area contributed by atoms with E-state index < -0.39 is 0 Å². The van der Waals surface area contributed by atoms with Gasteiger partial charge in [-0.25, -0.2) is 4.98 Å². The molecule has 23 heavy (non-hydrogen) atoms. The predicted molar refractivity (Wildman–Crippen MR) is 93.0 cm³/mol. The molecule has 0 saturated carbocycles. The number of piperidine rings is 1. The van der Waals surface area contributed by atoms with Crippen LogP contribution in [-0.2, 0) is 0 Å². The van der Waals surface area contributed by atoms with E-state index in [0.29, 0.717) is 5.92 Å². The smallest absolute Gasteiger partial charge is 0.264 e. The molecule has 1 aliphatic rings. The molecule has 0 spiro atoms. The first-order valence-corrected chi connectivity index (χ1v) is 8.88. The van der Waals surface area contributed by atoms with Crippen LogP contribution in [0.25, 0.3) is 11.0 Å². The molecule has 1 amide bonds. The summed E-state index contributed by atoms with van der Waals surface area (Å²) in [5.41, 5.74) is 3.14. The van der Waals surface area contributed by atoms with Crippen molar-refractivity contribution in [3.63, 3.8) is 0 Å². The lowest BCUT2D eigenvalue weighted by Crippen LogP contribution is -2.39. The van der Waals surface area contributed by atoms with Gasteiger partial charge in [0.05, 0.1) is 15.9 Å². The maximum atomic E-state index is 12.7. The molecule has 0 unspecified atom stereocenters. The van der Waals surface area contributed by atoms with Crippen molar-refractivity contribution in [3.05, 3.63) is 52.0 Å². The van der Waals surface area contributed by atoms with E-state index in [4.69, 9.17) is 4.98 Å². The molecular weight excluding hydrogens is 306 g/mol. The molecule has 1 aromatic carbocycles. The van der Waals surface area contributed by atoms with Crippen LogP contribution in [0.15, 0.2) is 35.7 Å². The lowest BCUT2D eigenvalue weighted by Gasteiger charge is -2.31. The van der Waals surface area contributed by atoms with Gasteiger partial charge in [-0.3, -0.25) is 4.79 Å². The van der Waals surface area contributed by atoms with E-state index in [-0.39, 0.29) is 5.91 Å². The number of amides is 1. The summed E-state index contributed by atoms with van der Waals surface area (Å²) in [5.74, 6) is 1.46. The number of likely N-dealkylation sites (tertiary alicyclic amines) is 1. The summed E-state index contributed by atoms with van der Waals surface area (Å²) in [5, 5.41) is 1.99. The Balaban J connectivity index is 1.57. The van der Waals surface area contributed by atoms with Crippen molar-refractivity contribution in [3.8, 4) is 0 Å². The van der Waals surface area contributed by atoms with Crippen molar-refractivity contribution in [1.29, 1.82) is 0 Å². The van der Waals surface area contributed by atoms with Gasteiger partial charge in [0.2, 0.25) is 0 Å². The van der Waals surface area contributed by atoms with Crippen LogP contribution < -0.4 is 0 Å². The Bertz CT molecular complexity index is 818. The molecule has 1 atom stereocenters. The third-order valence-electron chi connectivity index (χ3n) is 4.56. The minimum absolute atomic E-state index is 0.165. The summed E-state index contributed by atoms with van der Waals surface area (Å²) in [6.07, 6.45) is 2.10. The van der Waals surface area contributed by atoms with Crippen LogP contribution in [0.1, 0.15) is 39.8 Å². The number of para-hydroxylation sites is 2. The zero-order valence-corrected chi connectivity index (χ0v) is 13.9. The van der Waals surface area contributed by atoms with Gasteiger partial charge in [0, 0.05) is 19.0 Å². The molecule has 1 fully saturated rings. The number of benzene rings is 1. The number of nitrogens with one attached hydrogen (secondary N) is 1. The number of aromatic amines is 1. The van der Waals surface area contributed by atoms with Crippen LogP contribution in [0.4, 0.5) is 0 Å². The Morgan fingerprint density at radius 2 is 2.22 bits per heavy atom. The molecule has 0 bridgehead atoms. The van der Waals surface area contributed by atoms with Gasteiger partial charge in [-0.05, 0) is 48.9 Å². The third kappa shape index (κ3) is 2.65. The molecule has 4 rings (SSSR count). The number of H-pyrrole nitrogens is 1. The van der Waals surface area contributed by atoms with E-state index in [1.54, 1.807) is 0 Å². The van der Waals surface area contributed by atoms with E-state index in [9.17, 15) is 4.79 Å². The highest BCUT2D eigenvalue weighted by Gasteiger charge is 2.28. The maximum absolute atomic E-state index is 12.7. The molecule has 1 N–H and O–H groups in total. The number of imidazole rings is 1. The highest BCUT2D eigenvalue weighted by atomic mass is 32.1. The average Bonchev–Trinajstić information content (AvgIpc) is 3.20.